The Kier molecular flexibility index (Phi) is 5.64. The van der Waals surface area contributed by atoms with E-state index in [0.29, 0.717) is 6.54 Å². The lowest BCUT2D eigenvalue weighted by Gasteiger charge is -2.25. The van der Waals surface area contributed by atoms with E-state index in [9.17, 15) is 14.7 Å². The summed E-state index contributed by atoms with van der Waals surface area (Å²) in [4.78, 5) is 24.7. The number of nitrogens with zero attached hydrogens (tertiary/aromatic N) is 1. The second-order valence-corrected chi connectivity index (χ2v) is 5.98. The maximum absolute atomic E-state index is 12.3. The summed E-state index contributed by atoms with van der Waals surface area (Å²) in [5.74, 6) is -2.09. The molecule has 25 heavy (non-hydrogen) atoms. The summed E-state index contributed by atoms with van der Waals surface area (Å²) in [7, 11) is 1.51. The van der Waals surface area contributed by atoms with E-state index in [1.165, 1.54) is 29.3 Å². The molecule has 0 spiro atoms. The number of benzene rings is 1. The van der Waals surface area contributed by atoms with Gasteiger partial charge in [0.05, 0.1) is 5.57 Å². The van der Waals surface area contributed by atoms with Crippen molar-refractivity contribution in [3.63, 3.8) is 0 Å². The number of hydrogen-bond acceptors (Lipinski definition) is 4. The van der Waals surface area contributed by atoms with Crippen LogP contribution in [0.3, 0.4) is 0 Å². The molecule has 6 heteroatoms. The minimum absolute atomic E-state index is 0.00874. The lowest BCUT2D eigenvalue weighted by atomic mass is 10.0. The van der Waals surface area contributed by atoms with Gasteiger partial charge < -0.3 is 20.4 Å². The molecule has 1 aliphatic rings. The van der Waals surface area contributed by atoms with Crippen LogP contribution in [-0.2, 0) is 16.0 Å². The van der Waals surface area contributed by atoms with Crippen molar-refractivity contribution in [3.05, 3.63) is 70.8 Å². The standard InChI is InChI=1S/C19H22N2O4/c1-12-6-4-7-14(10-12)8-5-9-20-18(23)16-17(22)13(2)15(19(24)25)11-21(16)3/h4,6-7,10-11,22H,2,5,8-9H2,1,3H3,(H,20,23)(H,24,25). The molecule has 0 atom stereocenters. The fourth-order valence-corrected chi connectivity index (χ4v) is 2.67. The fourth-order valence-electron chi connectivity index (χ4n) is 2.67. The third-order valence-corrected chi connectivity index (χ3v) is 3.97. The van der Waals surface area contributed by atoms with Crippen molar-refractivity contribution in [1.29, 1.82) is 0 Å². The van der Waals surface area contributed by atoms with Crippen LogP contribution in [-0.4, -0.2) is 40.6 Å². The zero-order valence-electron chi connectivity index (χ0n) is 14.4. The molecule has 0 saturated heterocycles. The second kappa shape index (κ2) is 7.70. The average molecular weight is 342 g/mol. The van der Waals surface area contributed by atoms with E-state index in [1.54, 1.807) is 0 Å². The summed E-state index contributed by atoms with van der Waals surface area (Å²) >= 11 is 0. The number of aryl methyl sites for hydroxylation is 2. The molecule has 0 bridgehead atoms. The van der Waals surface area contributed by atoms with E-state index in [4.69, 9.17) is 5.11 Å². The molecule has 0 aromatic heterocycles. The van der Waals surface area contributed by atoms with Gasteiger partial charge in [-0.3, -0.25) is 4.79 Å². The quantitative estimate of drug-likeness (QED) is 0.690. The van der Waals surface area contributed by atoms with Crippen LogP contribution < -0.4 is 5.32 Å². The molecular weight excluding hydrogens is 320 g/mol. The van der Waals surface area contributed by atoms with Crippen molar-refractivity contribution in [2.45, 2.75) is 19.8 Å². The van der Waals surface area contributed by atoms with Crippen molar-refractivity contribution in [1.82, 2.24) is 10.2 Å². The predicted molar refractivity (Wildman–Crippen MR) is 94.8 cm³/mol. The van der Waals surface area contributed by atoms with Crippen molar-refractivity contribution in [3.8, 4) is 0 Å². The van der Waals surface area contributed by atoms with Gasteiger partial charge in [-0.25, -0.2) is 4.79 Å². The number of carboxylic acids is 1. The van der Waals surface area contributed by atoms with Crippen molar-refractivity contribution in [2.24, 2.45) is 0 Å². The van der Waals surface area contributed by atoms with Crippen LogP contribution in [0.2, 0.25) is 0 Å². The van der Waals surface area contributed by atoms with Gasteiger partial charge in [0.2, 0.25) is 0 Å². The molecule has 1 aromatic rings. The van der Waals surface area contributed by atoms with Crippen molar-refractivity contribution in [2.75, 3.05) is 13.6 Å². The van der Waals surface area contributed by atoms with Crippen LogP contribution in [0.5, 0.6) is 0 Å². The van der Waals surface area contributed by atoms with Crippen LogP contribution in [0.4, 0.5) is 0 Å². The maximum atomic E-state index is 12.3. The largest absolute Gasteiger partial charge is 0.505 e. The van der Waals surface area contributed by atoms with E-state index >= 15 is 0 Å². The molecular formula is C19H22N2O4. The number of carbonyl (C=O) groups excluding carboxylic acids is 1. The Balaban J connectivity index is 1.94. The van der Waals surface area contributed by atoms with E-state index < -0.39 is 17.6 Å². The van der Waals surface area contributed by atoms with Crippen LogP contribution in [0.15, 0.2) is 59.6 Å². The number of aliphatic carboxylic acids is 1. The number of rotatable bonds is 6. The predicted octanol–water partition coefficient (Wildman–Crippen LogP) is 2.28. The Bertz CT molecular complexity index is 777. The molecule has 1 aromatic carbocycles. The average Bonchev–Trinajstić information content (AvgIpc) is 2.55. The second-order valence-electron chi connectivity index (χ2n) is 5.98. The summed E-state index contributed by atoms with van der Waals surface area (Å²) in [6, 6.07) is 8.18. The molecule has 132 valence electrons. The third-order valence-electron chi connectivity index (χ3n) is 3.97. The summed E-state index contributed by atoms with van der Waals surface area (Å²) in [6.07, 6.45) is 2.86. The number of carboxylic acid groups (broad SMARTS) is 1. The molecule has 0 fully saturated rings. The number of likely N-dealkylation sites (N-methyl/N-ethyl adjacent to an activating group) is 1. The van der Waals surface area contributed by atoms with Crippen LogP contribution in [0, 0.1) is 6.92 Å². The number of allylic oxidation sites excluding steroid dienone is 1. The molecule has 1 aliphatic heterocycles. The van der Waals surface area contributed by atoms with Crippen LogP contribution in [0.25, 0.3) is 0 Å². The topological polar surface area (TPSA) is 89.9 Å². The molecule has 2 rings (SSSR count). The highest BCUT2D eigenvalue weighted by Crippen LogP contribution is 2.26. The molecule has 1 heterocycles. The number of carbonyl (C=O) groups is 2. The van der Waals surface area contributed by atoms with Crippen molar-refractivity contribution < 1.29 is 19.8 Å². The number of amides is 1. The van der Waals surface area contributed by atoms with Crippen LogP contribution >= 0.6 is 0 Å². The molecule has 1 amide bonds. The third kappa shape index (κ3) is 4.29. The summed E-state index contributed by atoms with van der Waals surface area (Å²) in [5, 5.41) is 22.0. The Hall–Kier alpha value is -3.02. The van der Waals surface area contributed by atoms with Gasteiger partial charge in [-0.2, -0.15) is 0 Å². The summed E-state index contributed by atoms with van der Waals surface area (Å²) < 4.78 is 0. The Labute approximate surface area is 146 Å². The first-order valence-electron chi connectivity index (χ1n) is 7.96. The van der Waals surface area contributed by atoms with Gasteiger partial charge in [0.1, 0.15) is 5.70 Å². The Morgan fingerprint density at radius 2 is 2.04 bits per heavy atom. The van der Waals surface area contributed by atoms with E-state index in [2.05, 4.69) is 18.0 Å². The first-order chi connectivity index (χ1) is 11.8. The normalized spacial score (nSPS) is 14.4. The molecule has 6 nitrogen and oxygen atoms in total. The minimum atomic E-state index is -1.21. The fraction of sp³-hybridized carbons (Fsp3) is 0.263. The Morgan fingerprint density at radius 3 is 2.68 bits per heavy atom. The molecule has 3 N–H and O–H groups in total. The zero-order valence-corrected chi connectivity index (χ0v) is 14.4. The van der Waals surface area contributed by atoms with Crippen molar-refractivity contribution >= 4 is 11.9 Å². The molecule has 0 aliphatic carbocycles. The summed E-state index contributed by atoms with van der Waals surface area (Å²) in [6.45, 7) is 6.02. The highest BCUT2D eigenvalue weighted by Gasteiger charge is 2.29. The smallest absolute Gasteiger partial charge is 0.337 e. The SMILES string of the molecule is C=C1C(C(=O)O)=CN(C)C(C(=O)NCCCc2cccc(C)c2)=C1O. The first kappa shape index (κ1) is 18.3. The molecule has 0 saturated carbocycles. The van der Waals surface area contributed by atoms with Gasteiger partial charge in [0, 0.05) is 25.4 Å². The lowest BCUT2D eigenvalue weighted by molar-refractivity contribution is -0.132. The van der Waals surface area contributed by atoms with Gasteiger partial charge in [0.25, 0.3) is 5.91 Å². The highest BCUT2D eigenvalue weighted by atomic mass is 16.4. The maximum Gasteiger partial charge on any atom is 0.337 e. The van der Waals surface area contributed by atoms with Crippen LogP contribution in [0.1, 0.15) is 17.5 Å². The van der Waals surface area contributed by atoms with E-state index in [0.717, 1.165) is 12.8 Å². The van der Waals surface area contributed by atoms with Gasteiger partial charge in [0.15, 0.2) is 5.76 Å². The van der Waals surface area contributed by atoms with E-state index in [-0.39, 0.29) is 16.8 Å². The number of aliphatic hydroxyl groups is 1. The lowest BCUT2D eigenvalue weighted by Crippen LogP contribution is -2.35. The van der Waals surface area contributed by atoms with Gasteiger partial charge >= 0.3 is 5.97 Å². The Morgan fingerprint density at radius 1 is 1.32 bits per heavy atom. The van der Waals surface area contributed by atoms with Gasteiger partial charge in [-0.15, -0.1) is 0 Å². The minimum Gasteiger partial charge on any atom is -0.505 e. The number of hydrogen-bond donors (Lipinski definition) is 3. The molecule has 0 radical (unpaired) electrons. The number of nitrogens with one attached hydrogen (secondary N) is 1. The monoisotopic (exact) mass is 342 g/mol. The first-order valence-corrected chi connectivity index (χ1v) is 7.96. The summed E-state index contributed by atoms with van der Waals surface area (Å²) in [5.41, 5.74) is 2.17. The van der Waals surface area contributed by atoms with E-state index in [1.807, 2.05) is 25.1 Å². The van der Waals surface area contributed by atoms with Gasteiger partial charge in [-0.1, -0.05) is 36.4 Å². The zero-order chi connectivity index (χ0) is 18.6. The highest BCUT2D eigenvalue weighted by molar-refractivity contribution is 5.99. The molecule has 0 unspecified atom stereocenters. The van der Waals surface area contributed by atoms with Gasteiger partial charge in [-0.05, 0) is 25.3 Å². The number of aliphatic hydroxyl groups excluding tert-OH is 1.